The summed E-state index contributed by atoms with van der Waals surface area (Å²) in [6.45, 7) is 0. The van der Waals surface area contributed by atoms with Gasteiger partial charge < -0.3 is 0 Å². The van der Waals surface area contributed by atoms with Crippen LogP contribution < -0.4 is 0 Å². The van der Waals surface area contributed by atoms with Gasteiger partial charge in [-0.1, -0.05) is 0 Å². The van der Waals surface area contributed by atoms with Gasteiger partial charge in [0, 0.05) is 0 Å². The third-order valence-corrected chi connectivity index (χ3v) is 3.24. The molecule has 1 nitrogen and oxygen atoms in total. The van der Waals surface area contributed by atoms with E-state index in [1.807, 2.05) is 18.5 Å². The summed E-state index contributed by atoms with van der Waals surface area (Å²) in [5, 5.41) is 0.965. The van der Waals surface area contributed by atoms with E-state index in [4.69, 9.17) is 0 Å². The van der Waals surface area contributed by atoms with Gasteiger partial charge in [0.05, 0.1) is 0 Å². The number of nitrogens with zero attached hydrogens (tertiary/aromatic N) is 1. The zero-order chi connectivity index (χ0) is 8.10. The van der Waals surface area contributed by atoms with Crippen LogP contribution in [0.5, 0.6) is 0 Å². The second-order valence-electron chi connectivity index (χ2n) is 1.66. The molecule has 1 aromatic heterocycles. The molecule has 1 rings (SSSR count). The van der Waals surface area contributed by atoms with Gasteiger partial charge in [-0.3, -0.25) is 0 Å². The summed E-state index contributed by atoms with van der Waals surface area (Å²) in [6, 6.07) is 5.17. The molecule has 0 aliphatic heterocycles. The van der Waals surface area contributed by atoms with Gasteiger partial charge in [0.25, 0.3) is 0 Å². The molecular weight excluding hydrogens is 346 g/mol. The number of rotatable bonds is 3. The molecular formula is C7H6NS2W-. The Morgan fingerprint density at radius 1 is 1.73 bits per heavy atom. The van der Waals surface area contributed by atoms with Crippen molar-refractivity contribution in [2.24, 2.45) is 0 Å². The first kappa shape index (κ1) is 9.50. The molecule has 0 amide bonds. The molecule has 0 radical (unpaired) electrons. The quantitative estimate of drug-likeness (QED) is 0.610. The van der Waals surface area contributed by atoms with Crippen molar-refractivity contribution in [3.8, 4) is 0 Å². The van der Waals surface area contributed by atoms with Gasteiger partial charge in [-0.2, -0.15) is 0 Å². The van der Waals surface area contributed by atoms with E-state index in [1.54, 1.807) is 23.5 Å². The SMILES string of the molecule is CSc1[c-]c(S[CH]=[W])ccn1. The van der Waals surface area contributed by atoms with Crippen LogP contribution in [0.15, 0.2) is 22.2 Å². The van der Waals surface area contributed by atoms with E-state index in [0.717, 1.165) is 9.92 Å². The Morgan fingerprint density at radius 2 is 2.55 bits per heavy atom. The standard InChI is InChI=1S/C7H6NS2.W/c1-9-6-3-4-8-7(5-6)10-2;/h1,3-4H,2H3;/q-1;. The molecule has 0 fully saturated rings. The van der Waals surface area contributed by atoms with E-state index in [9.17, 15) is 0 Å². The Hall–Kier alpha value is 0.408. The predicted octanol–water partition coefficient (Wildman–Crippen LogP) is 2.00. The van der Waals surface area contributed by atoms with E-state index >= 15 is 0 Å². The van der Waals surface area contributed by atoms with Crippen LogP contribution in [-0.2, 0) is 19.4 Å². The van der Waals surface area contributed by atoms with Crippen molar-refractivity contribution in [1.82, 2.24) is 4.98 Å². The van der Waals surface area contributed by atoms with Crippen molar-refractivity contribution in [2.75, 3.05) is 6.26 Å². The zero-order valence-corrected chi connectivity index (χ0v) is 10.5. The van der Waals surface area contributed by atoms with Gasteiger partial charge in [-0.15, -0.1) is 0 Å². The van der Waals surface area contributed by atoms with Crippen molar-refractivity contribution in [1.29, 1.82) is 0 Å². The molecule has 0 aliphatic carbocycles. The number of hydrogen-bond donors (Lipinski definition) is 0. The average molecular weight is 352 g/mol. The summed E-state index contributed by atoms with van der Waals surface area (Å²) in [4.78, 5) is 5.28. The molecule has 0 spiro atoms. The molecule has 1 heterocycles. The zero-order valence-electron chi connectivity index (χ0n) is 5.90. The second kappa shape index (κ2) is 5.12. The summed E-state index contributed by atoms with van der Waals surface area (Å²) in [5.74, 6) is 0. The van der Waals surface area contributed by atoms with Crippen molar-refractivity contribution in [3.63, 3.8) is 0 Å². The Balaban J connectivity index is 2.82. The molecule has 58 valence electrons. The topological polar surface area (TPSA) is 12.9 Å². The first-order valence-corrected chi connectivity index (χ1v) is 6.69. The fourth-order valence-electron chi connectivity index (χ4n) is 0.576. The summed E-state index contributed by atoms with van der Waals surface area (Å²) in [5.41, 5.74) is 0. The summed E-state index contributed by atoms with van der Waals surface area (Å²) < 4.78 is 2.12. The Labute approximate surface area is 85.8 Å². The molecule has 0 aromatic carbocycles. The van der Waals surface area contributed by atoms with Crippen LogP contribution in [0.2, 0.25) is 0 Å². The predicted molar refractivity (Wildman–Crippen MR) is 46.8 cm³/mol. The first-order valence-electron chi connectivity index (χ1n) is 2.89. The van der Waals surface area contributed by atoms with Crippen LogP contribution in [-0.4, -0.2) is 15.0 Å². The molecule has 0 saturated heterocycles. The molecule has 0 atom stereocenters. The minimum atomic E-state index is 0.965. The Kier molecular flexibility index (Phi) is 4.42. The molecule has 0 N–H and O–H groups in total. The van der Waals surface area contributed by atoms with Crippen molar-refractivity contribution in [2.45, 2.75) is 9.92 Å². The van der Waals surface area contributed by atoms with Crippen molar-refractivity contribution in [3.05, 3.63) is 18.3 Å². The normalized spacial score (nSPS) is 9.55. The van der Waals surface area contributed by atoms with Gasteiger partial charge in [0.15, 0.2) is 0 Å². The number of aromatic nitrogens is 1. The molecule has 1 aromatic rings. The van der Waals surface area contributed by atoms with Gasteiger partial charge in [-0.05, 0) is 0 Å². The summed E-state index contributed by atoms with van der Waals surface area (Å²) in [7, 11) is 0. The number of pyridine rings is 1. The van der Waals surface area contributed by atoms with Crippen LogP contribution in [0, 0.1) is 6.07 Å². The van der Waals surface area contributed by atoms with Crippen LogP contribution in [0.4, 0.5) is 0 Å². The Morgan fingerprint density at radius 3 is 3.18 bits per heavy atom. The maximum atomic E-state index is 4.13. The summed E-state index contributed by atoms with van der Waals surface area (Å²) in [6.07, 6.45) is 3.83. The molecule has 0 unspecified atom stereocenters. The number of hydrogen-bond acceptors (Lipinski definition) is 3. The molecule has 11 heavy (non-hydrogen) atoms. The van der Waals surface area contributed by atoms with Gasteiger partial charge in [0.1, 0.15) is 0 Å². The fourth-order valence-corrected chi connectivity index (χ4v) is 2.54. The van der Waals surface area contributed by atoms with Gasteiger partial charge >= 0.3 is 86.1 Å². The van der Waals surface area contributed by atoms with Crippen LogP contribution in [0.1, 0.15) is 0 Å². The third kappa shape index (κ3) is 3.10. The average Bonchev–Trinajstić information content (AvgIpc) is 2.06. The Bertz CT molecular complexity index is 252. The second-order valence-corrected chi connectivity index (χ2v) is 5.39. The maximum absolute atomic E-state index is 4.13. The first-order chi connectivity index (χ1) is 5.36. The third-order valence-electron chi connectivity index (χ3n) is 1.02. The molecule has 4 heteroatoms. The number of thioether (sulfide) groups is 2. The van der Waals surface area contributed by atoms with E-state index in [0.29, 0.717) is 0 Å². The molecule has 0 bridgehead atoms. The van der Waals surface area contributed by atoms with E-state index in [-0.39, 0.29) is 0 Å². The van der Waals surface area contributed by atoms with Gasteiger partial charge in [0.2, 0.25) is 0 Å². The summed E-state index contributed by atoms with van der Waals surface area (Å²) >= 11 is 4.80. The van der Waals surface area contributed by atoms with Gasteiger partial charge in [-0.25, -0.2) is 0 Å². The van der Waals surface area contributed by atoms with E-state index < -0.39 is 0 Å². The van der Waals surface area contributed by atoms with E-state index in [2.05, 4.69) is 14.8 Å². The fraction of sp³-hybridized carbons (Fsp3) is 0.143. The van der Waals surface area contributed by atoms with E-state index in [1.165, 1.54) is 19.4 Å². The van der Waals surface area contributed by atoms with Crippen molar-refractivity contribution < 1.29 is 19.4 Å². The van der Waals surface area contributed by atoms with Crippen LogP contribution >= 0.6 is 23.5 Å². The van der Waals surface area contributed by atoms with Crippen LogP contribution in [0.25, 0.3) is 0 Å². The molecule has 0 aliphatic rings. The molecule has 0 saturated carbocycles. The monoisotopic (exact) mass is 352 g/mol. The minimum absolute atomic E-state index is 0.965. The van der Waals surface area contributed by atoms with Crippen molar-refractivity contribution >= 4 is 27.3 Å². The van der Waals surface area contributed by atoms with Crippen LogP contribution in [0.3, 0.4) is 0 Å².